The highest BCUT2D eigenvalue weighted by atomic mass is 127. The monoisotopic (exact) mass is 476 g/mol. The van der Waals surface area contributed by atoms with Crippen LogP contribution in [0.15, 0.2) is 23.9 Å². The normalized spacial score (nSPS) is 14.0. The molecule has 1 rings (SSSR count). The fraction of sp³-hybridized carbons (Fsp3) is 0.611. The topological polar surface area (TPSA) is 85.7 Å². The van der Waals surface area contributed by atoms with Gasteiger partial charge in [-0.2, -0.15) is 5.26 Å². The van der Waals surface area contributed by atoms with Crippen molar-refractivity contribution in [2.24, 2.45) is 5.92 Å². The first kappa shape index (κ1) is 24.2. The molecule has 0 spiro atoms. The predicted molar refractivity (Wildman–Crippen MR) is 111 cm³/mol. The fourth-order valence-corrected chi connectivity index (χ4v) is 2.54. The maximum absolute atomic E-state index is 12.1. The van der Waals surface area contributed by atoms with Gasteiger partial charge in [0, 0.05) is 20.6 Å². The summed E-state index contributed by atoms with van der Waals surface area (Å²) in [4.78, 5) is 27.1. The Morgan fingerprint density at radius 2 is 2.15 bits per heavy atom. The number of nitriles is 1. The van der Waals surface area contributed by atoms with Gasteiger partial charge in [0.05, 0.1) is 6.61 Å². The van der Waals surface area contributed by atoms with E-state index in [1.165, 1.54) is 12.6 Å². The van der Waals surface area contributed by atoms with Gasteiger partial charge in [-0.05, 0) is 37.5 Å². The quantitative estimate of drug-likeness (QED) is 0.252. The molecule has 0 aromatic rings. The Kier molecular flexibility index (Phi) is 11.7. The molecule has 1 atom stereocenters. The van der Waals surface area contributed by atoms with E-state index in [0.29, 0.717) is 6.42 Å². The maximum Gasteiger partial charge on any atom is 0.407 e. The molecule has 0 aromatic heterocycles. The summed E-state index contributed by atoms with van der Waals surface area (Å²) < 4.78 is 5.17. The van der Waals surface area contributed by atoms with Crippen LogP contribution < -0.4 is 5.32 Å². The lowest BCUT2D eigenvalue weighted by atomic mass is 10.0. The van der Waals surface area contributed by atoms with Gasteiger partial charge in [-0.3, -0.25) is 9.69 Å². The third-order valence-electron chi connectivity index (χ3n) is 3.78. The third kappa shape index (κ3) is 9.08. The molecule has 7 nitrogen and oxygen atoms in total. The lowest BCUT2D eigenvalue weighted by molar-refractivity contribution is -0.129. The zero-order valence-electron chi connectivity index (χ0n) is 15.9. The molecule has 26 heavy (non-hydrogen) atoms. The number of rotatable bonds is 8. The number of nitrogens with zero attached hydrogens (tertiary/aromatic N) is 3. The third-order valence-corrected chi connectivity index (χ3v) is 3.78. The van der Waals surface area contributed by atoms with E-state index in [1.807, 2.05) is 33.2 Å². The highest BCUT2D eigenvalue weighted by Crippen LogP contribution is 2.12. The first-order chi connectivity index (χ1) is 11.8. The highest BCUT2D eigenvalue weighted by Gasteiger charge is 2.25. The summed E-state index contributed by atoms with van der Waals surface area (Å²) in [7, 11) is 3.39. The van der Waals surface area contributed by atoms with Crippen LogP contribution in [0.3, 0.4) is 0 Å². The van der Waals surface area contributed by atoms with Crippen LogP contribution in [0.5, 0.6) is 0 Å². The average Bonchev–Trinajstić information content (AvgIpc) is 2.56. The van der Waals surface area contributed by atoms with Crippen molar-refractivity contribution in [2.75, 3.05) is 27.2 Å². The predicted octanol–water partition coefficient (Wildman–Crippen LogP) is 2.85. The van der Waals surface area contributed by atoms with Gasteiger partial charge in [-0.15, -0.1) is 24.0 Å². The van der Waals surface area contributed by atoms with Crippen molar-refractivity contribution >= 4 is 36.0 Å². The first-order valence-electron chi connectivity index (χ1n) is 8.50. The van der Waals surface area contributed by atoms with Crippen LogP contribution in [0.2, 0.25) is 0 Å². The molecule has 1 N–H and O–H groups in total. The number of amides is 2. The summed E-state index contributed by atoms with van der Waals surface area (Å²) in [5.74, 6) is -0.236. The molecule has 0 bridgehead atoms. The molecule has 0 fully saturated rings. The van der Waals surface area contributed by atoms with Crippen molar-refractivity contribution in [3.8, 4) is 6.19 Å². The number of likely N-dealkylation sites (N-methyl/N-ethyl adjacent to an activating group) is 2. The van der Waals surface area contributed by atoms with E-state index in [0.717, 1.165) is 24.3 Å². The average molecular weight is 476 g/mol. The minimum atomic E-state index is -0.753. The number of ether oxygens (including phenoxy) is 1. The van der Waals surface area contributed by atoms with Crippen molar-refractivity contribution in [1.29, 1.82) is 5.26 Å². The number of hydrogen-bond donors (Lipinski definition) is 1. The molecule has 1 heterocycles. The van der Waals surface area contributed by atoms with Gasteiger partial charge in [0.15, 0.2) is 6.19 Å². The Morgan fingerprint density at radius 1 is 1.46 bits per heavy atom. The van der Waals surface area contributed by atoms with E-state index in [-0.39, 0.29) is 36.5 Å². The van der Waals surface area contributed by atoms with Crippen molar-refractivity contribution in [3.05, 3.63) is 23.9 Å². The van der Waals surface area contributed by atoms with E-state index in [9.17, 15) is 9.59 Å². The number of nitrogens with one attached hydrogen (secondary N) is 1. The van der Waals surface area contributed by atoms with Gasteiger partial charge in [0.1, 0.15) is 6.04 Å². The Hall–Kier alpha value is -1.76. The number of allylic oxidation sites excluding steroid dienone is 2. The van der Waals surface area contributed by atoms with Gasteiger partial charge >= 0.3 is 6.09 Å². The zero-order chi connectivity index (χ0) is 18.8. The Balaban J connectivity index is 0.00000625. The second-order valence-corrected chi connectivity index (χ2v) is 6.64. The zero-order valence-corrected chi connectivity index (χ0v) is 18.2. The molecule has 1 unspecified atom stereocenters. The second kappa shape index (κ2) is 12.6. The highest BCUT2D eigenvalue weighted by molar-refractivity contribution is 14.0. The van der Waals surface area contributed by atoms with Crippen molar-refractivity contribution in [3.63, 3.8) is 0 Å². The van der Waals surface area contributed by atoms with E-state index in [2.05, 4.69) is 16.3 Å². The first-order valence-corrected chi connectivity index (χ1v) is 8.50. The fourth-order valence-electron chi connectivity index (χ4n) is 2.54. The standard InChI is InChI=1S/C18H28N4O3.HI/c1-14(2)11-16(17(23)22(4)13-19)20-18(24)25-10-6-8-15-7-5-9-21(3)12-15;/h5,7,9,14,16H,6,8,10-12H2,1-4H3,(H,20,24);1H. The van der Waals surface area contributed by atoms with Crippen LogP contribution in [-0.2, 0) is 9.53 Å². The van der Waals surface area contributed by atoms with Crippen molar-refractivity contribution in [1.82, 2.24) is 15.1 Å². The summed E-state index contributed by atoms with van der Waals surface area (Å²) >= 11 is 0. The summed E-state index contributed by atoms with van der Waals surface area (Å²) in [6.07, 6.45) is 9.25. The number of carbonyl (C=O) groups excluding carboxylic acids is 2. The van der Waals surface area contributed by atoms with Crippen LogP contribution in [0.25, 0.3) is 0 Å². The largest absolute Gasteiger partial charge is 0.450 e. The van der Waals surface area contributed by atoms with Gasteiger partial charge < -0.3 is 15.0 Å². The van der Waals surface area contributed by atoms with Gasteiger partial charge in [-0.1, -0.05) is 25.5 Å². The van der Waals surface area contributed by atoms with Crippen LogP contribution in [0.1, 0.15) is 33.1 Å². The van der Waals surface area contributed by atoms with Gasteiger partial charge in [0.25, 0.3) is 5.91 Å². The molecule has 0 aliphatic carbocycles. The van der Waals surface area contributed by atoms with E-state index >= 15 is 0 Å². The maximum atomic E-state index is 12.1. The number of carbonyl (C=O) groups is 2. The van der Waals surface area contributed by atoms with E-state index < -0.39 is 18.0 Å². The molecule has 8 heteroatoms. The van der Waals surface area contributed by atoms with Crippen LogP contribution in [-0.4, -0.2) is 55.1 Å². The molecule has 2 amide bonds. The molecular weight excluding hydrogens is 447 g/mol. The molecule has 0 radical (unpaired) electrons. The molecule has 0 saturated heterocycles. The smallest absolute Gasteiger partial charge is 0.407 e. The lowest BCUT2D eigenvalue weighted by Gasteiger charge is -2.21. The van der Waals surface area contributed by atoms with Crippen molar-refractivity contribution < 1.29 is 14.3 Å². The Bertz CT molecular complexity index is 569. The van der Waals surface area contributed by atoms with Gasteiger partial charge in [-0.25, -0.2) is 4.79 Å². The van der Waals surface area contributed by atoms with Crippen LogP contribution in [0, 0.1) is 17.4 Å². The second-order valence-electron chi connectivity index (χ2n) is 6.64. The number of hydrogen-bond acceptors (Lipinski definition) is 5. The summed E-state index contributed by atoms with van der Waals surface area (Å²) in [5.41, 5.74) is 1.29. The summed E-state index contributed by atoms with van der Waals surface area (Å²) in [6.45, 7) is 5.06. The Morgan fingerprint density at radius 3 is 2.73 bits per heavy atom. The van der Waals surface area contributed by atoms with E-state index in [1.54, 1.807) is 6.19 Å². The number of alkyl carbamates (subject to hydrolysis) is 1. The SMILES string of the molecule is CC(C)CC(NC(=O)OCCCC1=CC=CN(C)C1)C(=O)N(C)C#N.I. The minimum absolute atomic E-state index is 0. The Labute approximate surface area is 173 Å². The molecule has 0 aromatic carbocycles. The molecule has 1 aliphatic heterocycles. The lowest BCUT2D eigenvalue weighted by Crippen LogP contribution is -2.47. The summed E-state index contributed by atoms with van der Waals surface area (Å²) in [5, 5.41) is 11.4. The molecule has 1 aliphatic rings. The van der Waals surface area contributed by atoms with Crippen molar-refractivity contribution in [2.45, 2.75) is 39.2 Å². The molecule has 0 saturated carbocycles. The number of halogens is 1. The van der Waals surface area contributed by atoms with Crippen LogP contribution >= 0.6 is 24.0 Å². The van der Waals surface area contributed by atoms with Gasteiger partial charge in [0.2, 0.25) is 0 Å². The van der Waals surface area contributed by atoms with E-state index in [4.69, 9.17) is 10.00 Å². The molecule has 146 valence electrons. The molecular formula is C18H29IN4O3. The minimum Gasteiger partial charge on any atom is -0.450 e. The van der Waals surface area contributed by atoms with Crippen LogP contribution in [0.4, 0.5) is 4.79 Å². The summed E-state index contributed by atoms with van der Waals surface area (Å²) in [6, 6.07) is -0.753.